The largest absolute Gasteiger partial charge is 0.864 e. The van der Waals surface area contributed by atoms with Gasteiger partial charge < -0.3 is 18.4 Å². The van der Waals surface area contributed by atoms with E-state index in [1.807, 2.05) is 20.8 Å². The number of halogens is 12. The molecular formula is C56H74BF12NO3. The fourth-order valence-electron chi connectivity index (χ4n) is 9.00. The van der Waals surface area contributed by atoms with E-state index >= 15 is 13.2 Å². The molecule has 0 N–H and O–H groups in total. The highest BCUT2D eigenvalue weighted by Crippen LogP contribution is 2.43. The van der Waals surface area contributed by atoms with Crippen molar-refractivity contribution in [1.29, 1.82) is 0 Å². The van der Waals surface area contributed by atoms with Gasteiger partial charge in [0.05, 0.1) is 31.0 Å². The molecule has 4 aromatic rings. The van der Waals surface area contributed by atoms with E-state index in [1.54, 1.807) is 0 Å². The third-order valence-electron chi connectivity index (χ3n) is 13.1. The monoisotopic (exact) mass is 1050 g/mol. The topological polar surface area (TPSA) is 27.7 Å². The summed E-state index contributed by atoms with van der Waals surface area (Å²) >= 11 is 0. The number of unbranched alkanes of at least 4 members (excludes halogenated alkanes) is 19. The maximum absolute atomic E-state index is 16.7. The Balaban J connectivity index is 0.00000140. The highest BCUT2D eigenvalue weighted by atomic mass is 19.2. The average molecular weight is 1050 g/mol. The van der Waals surface area contributed by atoms with E-state index in [9.17, 15) is 39.5 Å². The number of quaternary nitrogens is 1. The van der Waals surface area contributed by atoms with Crippen molar-refractivity contribution in [2.75, 3.05) is 19.6 Å². The van der Waals surface area contributed by atoms with Gasteiger partial charge in [0.2, 0.25) is 0 Å². The summed E-state index contributed by atoms with van der Waals surface area (Å²) in [7, 11) is -2.33. The summed E-state index contributed by atoms with van der Waals surface area (Å²) in [6.45, 7) is 10.1. The van der Waals surface area contributed by atoms with E-state index in [0.717, 1.165) is 82.8 Å². The molecule has 1 unspecified atom stereocenters. The van der Waals surface area contributed by atoms with E-state index in [0.29, 0.717) is 67.3 Å². The molecular weight excluding hydrogens is 973 g/mol. The van der Waals surface area contributed by atoms with Crippen LogP contribution in [0.25, 0.3) is 0 Å². The van der Waals surface area contributed by atoms with Crippen molar-refractivity contribution in [3.05, 3.63) is 124 Å². The van der Waals surface area contributed by atoms with Crippen LogP contribution in [-0.4, -0.2) is 31.4 Å². The van der Waals surface area contributed by atoms with Crippen LogP contribution in [0, 0.1) is 75.9 Å². The Bertz CT molecular complexity index is 2070. The Kier molecular flexibility index (Phi) is 29.3. The first-order valence-corrected chi connectivity index (χ1v) is 26.4. The molecule has 0 amide bonds. The van der Waals surface area contributed by atoms with Crippen molar-refractivity contribution in [2.24, 2.45) is 0 Å². The van der Waals surface area contributed by atoms with Crippen LogP contribution in [0.15, 0.2) is 42.5 Å². The summed E-state index contributed by atoms with van der Waals surface area (Å²) in [4.78, 5) is 0. The number of benzene rings is 4. The number of hydrogen-bond acceptors (Lipinski definition) is 3. The molecule has 408 valence electrons. The quantitative estimate of drug-likeness (QED) is 0.0115. The van der Waals surface area contributed by atoms with Gasteiger partial charge in [-0.25, -0.2) is 43.9 Å². The zero-order valence-electron chi connectivity index (χ0n) is 43.0. The summed E-state index contributed by atoms with van der Waals surface area (Å²) in [6.07, 6.45) is 25.0. The number of rotatable bonds is 35. The molecule has 0 radical (unpaired) electrons. The Morgan fingerprint density at radius 1 is 0.384 bits per heavy atom. The van der Waals surface area contributed by atoms with E-state index < -0.39 is 100 Å². The molecule has 73 heavy (non-hydrogen) atoms. The molecule has 0 aliphatic heterocycles. The molecule has 0 saturated heterocycles. The van der Waals surface area contributed by atoms with Crippen LogP contribution < -0.4 is 14.0 Å². The SMILES string of the molecule is CCCCCCCCCCCCCCCCCCCC(c1c(OB(Oc2cc(F)c(F)c(F)c2)Oc2cc(F)c(F)c(F)c2)cc(F)c(F)c1F)[N+](CCCC)(CCCC)CCCC.Fc1c[c-]cc(F)c1F. The first-order chi connectivity index (χ1) is 35.0. The minimum Gasteiger partial charge on any atom is -0.489 e. The van der Waals surface area contributed by atoms with Gasteiger partial charge in [0.25, 0.3) is 0 Å². The highest BCUT2D eigenvalue weighted by Gasteiger charge is 2.43. The Hall–Kier alpha value is -4.54. The standard InChI is InChI=1S/C50H72BF9NO3.C6H2F3/c1-5-9-13-14-15-16-17-18-19-20-21-22-23-24-25-26-27-28-44(61(29-10-6-2,30-11-7-3)31-12-8-4)46-45(36-43(56)49(59)50(46)60)64-51(62-37-32-39(52)47(57)40(53)33-37)63-38-34-41(54)48(58)42(55)35-38;7-4-2-1-3-5(8)6(4)9/h32-36,44H,5-31H2,1-4H3;2-3H/q+1;-1. The molecule has 4 rings (SSSR count). The second-order valence-electron chi connectivity index (χ2n) is 18.8. The van der Waals surface area contributed by atoms with Crippen LogP contribution in [0.2, 0.25) is 0 Å². The van der Waals surface area contributed by atoms with Gasteiger partial charge in [-0.3, -0.25) is 8.78 Å². The lowest BCUT2D eigenvalue weighted by atomic mass is 9.92. The zero-order chi connectivity index (χ0) is 53.8. The predicted molar refractivity (Wildman–Crippen MR) is 263 cm³/mol. The molecule has 0 aromatic heterocycles. The van der Waals surface area contributed by atoms with Crippen molar-refractivity contribution in [1.82, 2.24) is 0 Å². The second kappa shape index (κ2) is 34.1. The normalized spacial score (nSPS) is 11.9. The lowest BCUT2D eigenvalue weighted by Gasteiger charge is -2.46. The van der Waals surface area contributed by atoms with Gasteiger partial charge in [-0.1, -0.05) is 150 Å². The Morgan fingerprint density at radius 3 is 1.07 bits per heavy atom. The van der Waals surface area contributed by atoms with Gasteiger partial charge >= 0.3 is 7.32 Å². The third-order valence-corrected chi connectivity index (χ3v) is 13.1. The third kappa shape index (κ3) is 21.0. The summed E-state index contributed by atoms with van der Waals surface area (Å²) in [5.74, 6) is -21.2. The molecule has 0 saturated carbocycles. The minimum absolute atomic E-state index is 0.316. The fourth-order valence-corrected chi connectivity index (χ4v) is 9.00. The van der Waals surface area contributed by atoms with Crippen molar-refractivity contribution >= 4 is 7.32 Å². The maximum atomic E-state index is 16.7. The summed E-state index contributed by atoms with van der Waals surface area (Å²) in [5, 5.41) is 0. The van der Waals surface area contributed by atoms with Crippen molar-refractivity contribution in [3.8, 4) is 17.2 Å². The predicted octanol–water partition coefficient (Wildman–Crippen LogP) is 18.7. The summed E-state index contributed by atoms with van der Waals surface area (Å²) in [6, 6.07) is 5.10. The van der Waals surface area contributed by atoms with Gasteiger partial charge in [-0.2, -0.15) is 6.07 Å². The first-order valence-electron chi connectivity index (χ1n) is 26.4. The van der Waals surface area contributed by atoms with Crippen molar-refractivity contribution < 1.29 is 71.1 Å². The Morgan fingerprint density at radius 2 is 0.712 bits per heavy atom. The van der Waals surface area contributed by atoms with Crippen LogP contribution in [0.3, 0.4) is 0 Å². The number of hydrogen-bond donors (Lipinski definition) is 0. The molecule has 0 spiro atoms. The van der Waals surface area contributed by atoms with Gasteiger partial charge in [-0.15, -0.1) is 12.1 Å². The lowest BCUT2D eigenvalue weighted by Crippen LogP contribution is -2.53. The minimum atomic E-state index is -2.33. The molecule has 0 aliphatic rings. The molecule has 4 aromatic carbocycles. The zero-order valence-corrected chi connectivity index (χ0v) is 43.0. The molecule has 0 aliphatic carbocycles. The summed E-state index contributed by atoms with van der Waals surface area (Å²) < 4.78 is 186. The van der Waals surface area contributed by atoms with Crippen molar-refractivity contribution in [3.63, 3.8) is 0 Å². The van der Waals surface area contributed by atoms with Gasteiger partial charge in [-0.05, 0) is 25.7 Å². The van der Waals surface area contributed by atoms with Gasteiger partial charge in [0.1, 0.15) is 23.3 Å². The van der Waals surface area contributed by atoms with Crippen LogP contribution in [-0.2, 0) is 0 Å². The molecule has 4 nitrogen and oxygen atoms in total. The highest BCUT2D eigenvalue weighted by molar-refractivity contribution is 6.39. The molecule has 17 heteroatoms. The molecule has 0 heterocycles. The smallest absolute Gasteiger partial charge is 0.489 e. The molecule has 0 fully saturated rings. The number of nitrogens with zero attached hydrogens (tertiary/aromatic N) is 1. The summed E-state index contributed by atoms with van der Waals surface area (Å²) in [5.41, 5.74) is -0.316. The molecule has 1 atom stereocenters. The lowest BCUT2D eigenvalue weighted by molar-refractivity contribution is -0.958. The first kappa shape index (κ1) is 62.8. The van der Waals surface area contributed by atoms with Crippen LogP contribution in [0.1, 0.15) is 193 Å². The van der Waals surface area contributed by atoms with Crippen LogP contribution in [0.5, 0.6) is 17.2 Å². The van der Waals surface area contributed by atoms with Gasteiger partial charge in [0, 0.05) is 48.4 Å². The van der Waals surface area contributed by atoms with Crippen LogP contribution >= 0.6 is 0 Å². The maximum Gasteiger partial charge on any atom is 0.864 e. The van der Waals surface area contributed by atoms with Crippen LogP contribution in [0.4, 0.5) is 52.7 Å². The van der Waals surface area contributed by atoms with E-state index in [1.165, 1.54) is 70.6 Å². The van der Waals surface area contributed by atoms with Crippen molar-refractivity contribution in [2.45, 2.75) is 188 Å². The fraction of sp³-hybridized carbons (Fsp3) is 0.571. The van der Waals surface area contributed by atoms with Gasteiger partial charge in [0.15, 0.2) is 52.4 Å². The van der Waals surface area contributed by atoms with E-state index in [-0.39, 0.29) is 5.56 Å². The second-order valence-corrected chi connectivity index (χ2v) is 18.8. The Labute approximate surface area is 426 Å². The molecule has 0 bridgehead atoms. The van der Waals surface area contributed by atoms with E-state index in [2.05, 4.69) is 13.0 Å². The van der Waals surface area contributed by atoms with E-state index in [4.69, 9.17) is 14.0 Å². The average Bonchev–Trinajstić information content (AvgIpc) is 3.36.